The van der Waals surface area contributed by atoms with Gasteiger partial charge in [0.2, 0.25) is 5.91 Å². The maximum absolute atomic E-state index is 11.1. The summed E-state index contributed by atoms with van der Waals surface area (Å²) in [6.07, 6.45) is 2.94. The van der Waals surface area contributed by atoms with E-state index in [2.05, 4.69) is 0 Å². The van der Waals surface area contributed by atoms with Crippen LogP contribution in [0.1, 0.15) is 33.1 Å². The lowest BCUT2D eigenvalue weighted by Crippen LogP contribution is -2.46. The lowest BCUT2D eigenvalue weighted by atomic mass is 9.99. The molecule has 0 radical (unpaired) electrons. The van der Waals surface area contributed by atoms with E-state index in [1.807, 2.05) is 0 Å². The summed E-state index contributed by atoms with van der Waals surface area (Å²) in [6.45, 7) is 3.84. The molecule has 12 heavy (non-hydrogen) atoms. The second-order valence-corrected chi connectivity index (χ2v) is 3.33. The van der Waals surface area contributed by atoms with Crippen molar-refractivity contribution in [3.8, 4) is 0 Å². The fourth-order valence-corrected chi connectivity index (χ4v) is 1.73. The van der Waals surface area contributed by atoms with E-state index in [0.717, 1.165) is 25.8 Å². The SMILES string of the molecule is CC(=O)[C@H]1CCCCN1C(C)=O. The van der Waals surface area contributed by atoms with Crippen molar-refractivity contribution in [1.82, 2.24) is 4.90 Å². The Labute approximate surface area is 72.7 Å². The van der Waals surface area contributed by atoms with Crippen LogP contribution in [0.3, 0.4) is 0 Å². The monoisotopic (exact) mass is 169 g/mol. The Kier molecular flexibility index (Phi) is 2.84. The zero-order chi connectivity index (χ0) is 9.14. The summed E-state index contributed by atoms with van der Waals surface area (Å²) in [7, 11) is 0. The molecule has 0 unspecified atom stereocenters. The summed E-state index contributed by atoms with van der Waals surface area (Å²) >= 11 is 0. The summed E-state index contributed by atoms with van der Waals surface area (Å²) in [6, 6.07) is -0.142. The summed E-state index contributed by atoms with van der Waals surface area (Å²) < 4.78 is 0. The van der Waals surface area contributed by atoms with Crippen LogP contribution >= 0.6 is 0 Å². The van der Waals surface area contributed by atoms with Crippen molar-refractivity contribution in [3.63, 3.8) is 0 Å². The first-order chi connectivity index (χ1) is 5.63. The van der Waals surface area contributed by atoms with Gasteiger partial charge in [0.05, 0.1) is 6.04 Å². The van der Waals surface area contributed by atoms with Crippen LogP contribution in [0.2, 0.25) is 0 Å². The van der Waals surface area contributed by atoms with Crippen molar-refractivity contribution < 1.29 is 9.59 Å². The van der Waals surface area contributed by atoms with Gasteiger partial charge in [0.15, 0.2) is 5.78 Å². The van der Waals surface area contributed by atoms with Gasteiger partial charge in [0.25, 0.3) is 0 Å². The number of ketones is 1. The molecule has 68 valence electrons. The molecule has 0 bridgehead atoms. The summed E-state index contributed by atoms with van der Waals surface area (Å²) in [5.74, 6) is 0.139. The number of piperidine rings is 1. The Bertz CT molecular complexity index is 179. The molecular weight excluding hydrogens is 154 g/mol. The highest BCUT2D eigenvalue weighted by Crippen LogP contribution is 2.17. The van der Waals surface area contributed by atoms with Crippen LogP contribution in [0.4, 0.5) is 0 Å². The van der Waals surface area contributed by atoms with Crippen LogP contribution in [0, 0.1) is 0 Å². The molecule has 0 saturated carbocycles. The molecular formula is C9H15NO2. The van der Waals surface area contributed by atoms with E-state index in [4.69, 9.17) is 0 Å². The highest BCUT2D eigenvalue weighted by molar-refractivity contribution is 5.86. The Morgan fingerprint density at radius 2 is 1.92 bits per heavy atom. The first-order valence-electron chi connectivity index (χ1n) is 4.40. The lowest BCUT2D eigenvalue weighted by molar-refractivity contribution is -0.138. The van der Waals surface area contributed by atoms with E-state index < -0.39 is 0 Å². The molecule has 0 aromatic rings. The van der Waals surface area contributed by atoms with E-state index in [9.17, 15) is 9.59 Å². The van der Waals surface area contributed by atoms with Crippen LogP contribution in [0.15, 0.2) is 0 Å². The quantitative estimate of drug-likeness (QED) is 0.586. The van der Waals surface area contributed by atoms with Gasteiger partial charge in [0, 0.05) is 13.5 Å². The molecule has 1 amide bonds. The van der Waals surface area contributed by atoms with Crippen molar-refractivity contribution in [2.45, 2.75) is 39.2 Å². The molecule has 0 aromatic carbocycles. The molecule has 0 N–H and O–H groups in total. The molecule has 1 heterocycles. The van der Waals surface area contributed by atoms with E-state index in [1.165, 1.54) is 6.92 Å². The van der Waals surface area contributed by atoms with Crippen LogP contribution in [-0.4, -0.2) is 29.2 Å². The van der Waals surface area contributed by atoms with Gasteiger partial charge in [0.1, 0.15) is 0 Å². The van der Waals surface area contributed by atoms with Gasteiger partial charge in [-0.05, 0) is 26.2 Å². The zero-order valence-electron chi connectivity index (χ0n) is 7.67. The number of likely N-dealkylation sites (tertiary alicyclic amines) is 1. The van der Waals surface area contributed by atoms with Crippen molar-refractivity contribution in [3.05, 3.63) is 0 Å². The Balaban J connectivity index is 2.67. The standard InChI is InChI=1S/C9H15NO2/c1-7(11)9-5-3-4-6-10(9)8(2)12/h9H,3-6H2,1-2H3/t9-/m1/s1. The van der Waals surface area contributed by atoms with Gasteiger partial charge in [-0.2, -0.15) is 0 Å². The smallest absolute Gasteiger partial charge is 0.220 e. The van der Waals surface area contributed by atoms with Crippen LogP contribution in [0.5, 0.6) is 0 Å². The molecule has 3 heteroatoms. The predicted molar refractivity (Wildman–Crippen MR) is 45.7 cm³/mol. The third-order valence-electron chi connectivity index (χ3n) is 2.38. The van der Waals surface area contributed by atoms with E-state index in [0.29, 0.717) is 0 Å². The molecule has 1 aliphatic heterocycles. The number of hydrogen-bond acceptors (Lipinski definition) is 2. The molecule has 1 aliphatic rings. The van der Waals surface area contributed by atoms with Gasteiger partial charge >= 0.3 is 0 Å². The van der Waals surface area contributed by atoms with Gasteiger partial charge in [-0.1, -0.05) is 0 Å². The van der Waals surface area contributed by atoms with Crippen molar-refractivity contribution >= 4 is 11.7 Å². The summed E-state index contributed by atoms with van der Waals surface area (Å²) in [5.41, 5.74) is 0. The number of rotatable bonds is 1. The van der Waals surface area contributed by atoms with Gasteiger partial charge in [-0.15, -0.1) is 0 Å². The fraction of sp³-hybridized carbons (Fsp3) is 0.778. The number of Topliss-reactive ketones (excluding diaryl/α,β-unsaturated/α-hetero) is 1. The Morgan fingerprint density at radius 3 is 2.33 bits per heavy atom. The van der Waals surface area contributed by atoms with Crippen LogP contribution in [0.25, 0.3) is 0 Å². The number of amides is 1. The molecule has 1 fully saturated rings. The normalized spacial score (nSPS) is 23.8. The first-order valence-corrected chi connectivity index (χ1v) is 4.40. The number of hydrogen-bond donors (Lipinski definition) is 0. The maximum atomic E-state index is 11.1. The molecule has 1 rings (SSSR count). The number of nitrogens with zero attached hydrogens (tertiary/aromatic N) is 1. The van der Waals surface area contributed by atoms with Crippen LogP contribution < -0.4 is 0 Å². The number of carbonyl (C=O) groups excluding carboxylic acids is 2. The summed E-state index contributed by atoms with van der Waals surface area (Å²) in [5, 5.41) is 0. The Hall–Kier alpha value is -0.860. The van der Waals surface area contributed by atoms with E-state index >= 15 is 0 Å². The molecule has 1 saturated heterocycles. The highest BCUT2D eigenvalue weighted by Gasteiger charge is 2.27. The fourth-order valence-electron chi connectivity index (χ4n) is 1.73. The molecule has 0 aromatic heterocycles. The molecule has 0 spiro atoms. The second kappa shape index (κ2) is 3.70. The van der Waals surface area contributed by atoms with Gasteiger partial charge in [-0.3, -0.25) is 9.59 Å². The van der Waals surface area contributed by atoms with E-state index in [1.54, 1.807) is 11.8 Å². The van der Waals surface area contributed by atoms with Gasteiger partial charge in [-0.25, -0.2) is 0 Å². The zero-order valence-corrected chi connectivity index (χ0v) is 7.67. The van der Waals surface area contributed by atoms with Crippen LogP contribution in [-0.2, 0) is 9.59 Å². The maximum Gasteiger partial charge on any atom is 0.220 e. The average Bonchev–Trinajstić information content (AvgIpc) is 2.04. The highest BCUT2D eigenvalue weighted by atomic mass is 16.2. The third kappa shape index (κ3) is 1.84. The van der Waals surface area contributed by atoms with E-state index in [-0.39, 0.29) is 17.7 Å². The average molecular weight is 169 g/mol. The third-order valence-corrected chi connectivity index (χ3v) is 2.38. The minimum atomic E-state index is -0.142. The molecule has 3 nitrogen and oxygen atoms in total. The lowest BCUT2D eigenvalue weighted by Gasteiger charge is -2.33. The minimum absolute atomic E-state index is 0.0231. The topological polar surface area (TPSA) is 37.4 Å². The van der Waals surface area contributed by atoms with Crippen molar-refractivity contribution in [2.24, 2.45) is 0 Å². The predicted octanol–water partition coefficient (Wildman–Crippen LogP) is 0.976. The van der Waals surface area contributed by atoms with Crippen molar-refractivity contribution in [1.29, 1.82) is 0 Å². The van der Waals surface area contributed by atoms with Gasteiger partial charge < -0.3 is 4.90 Å². The first kappa shape index (κ1) is 9.23. The molecule has 0 aliphatic carbocycles. The van der Waals surface area contributed by atoms with Crippen molar-refractivity contribution in [2.75, 3.05) is 6.54 Å². The number of carbonyl (C=O) groups is 2. The minimum Gasteiger partial charge on any atom is -0.333 e. The second-order valence-electron chi connectivity index (χ2n) is 3.33. The molecule has 1 atom stereocenters. The summed E-state index contributed by atoms with van der Waals surface area (Å²) in [4.78, 5) is 23.9. The largest absolute Gasteiger partial charge is 0.333 e. The Morgan fingerprint density at radius 1 is 1.25 bits per heavy atom.